The van der Waals surface area contributed by atoms with E-state index in [1.54, 1.807) is 23.6 Å². The fourth-order valence-corrected chi connectivity index (χ4v) is 4.24. The van der Waals surface area contributed by atoms with Crippen molar-refractivity contribution in [1.82, 2.24) is 4.72 Å². The number of carbonyl (C=O) groups is 1. The van der Waals surface area contributed by atoms with Gasteiger partial charge in [-0.25, -0.2) is 13.1 Å². The van der Waals surface area contributed by atoms with Crippen LogP contribution in [0.1, 0.15) is 5.56 Å². The molecule has 126 valence electrons. The normalized spacial score (nSPS) is 13.9. The molecule has 1 N–H and O–H groups in total. The summed E-state index contributed by atoms with van der Waals surface area (Å²) in [5, 5.41) is 1.98. The Hall–Kier alpha value is -2.03. The van der Waals surface area contributed by atoms with E-state index >= 15 is 0 Å². The van der Waals surface area contributed by atoms with Crippen LogP contribution in [0.4, 0.5) is 0 Å². The number of fused-ring (bicyclic) bond motifs is 1. The van der Waals surface area contributed by atoms with Crippen molar-refractivity contribution in [3.05, 3.63) is 46.3 Å². The summed E-state index contributed by atoms with van der Waals surface area (Å²) in [6.07, 6.45) is 2.57. The smallest absolute Gasteiger partial charge is 0.273 e. The molecule has 0 saturated carbocycles. The van der Waals surface area contributed by atoms with E-state index in [4.69, 9.17) is 21.1 Å². The van der Waals surface area contributed by atoms with Crippen LogP contribution in [-0.2, 0) is 14.8 Å². The first-order chi connectivity index (χ1) is 11.5. The molecule has 0 radical (unpaired) electrons. The van der Waals surface area contributed by atoms with Gasteiger partial charge in [-0.05, 0) is 35.2 Å². The molecule has 24 heavy (non-hydrogen) atoms. The van der Waals surface area contributed by atoms with E-state index in [1.165, 1.54) is 12.1 Å². The van der Waals surface area contributed by atoms with Crippen molar-refractivity contribution in [2.24, 2.45) is 0 Å². The molecule has 0 spiro atoms. The van der Waals surface area contributed by atoms with Crippen molar-refractivity contribution < 1.29 is 22.7 Å². The number of hydrogen-bond acceptors (Lipinski definition) is 6. The van der Waals surface area contributed by atoms with Crippen LogP contribution >= 0.6 is 22.9 Å². The summed E-state index contributed by atoms with van der Waals surface area (Å²) < 4.78 is 36.8. The third-order valence-electron chi connectivity index (χ3n) is 3.04. The van der Waals surface area contributed by atoms with E-state index in [-0.39, 0.29) is 4.21 Å². The second-order valence-electron chi connectivity index (χ2n) is 4.76. The van der Waals surface area contributed by atoms with Gasteiger partial charge in [-0.3, -0.25) is 4.79 Å². The lowest BCUT2D eigenvalue weighted by Gasteiger charge is -2.19. The van der Waals surface area contributed by atoms with E-state index in [2.05, 4.69) is 0 Å². The molecule has 1 aliphatic heterocycles. The summed E-state index contributed by atoms with van der Waals surface area (Å²) in [6.45, 7) is 0.834. The largest absolute Gasteiger partial charge is 0.486 e. The second-order valence-corrected chi connectivity index (χ2v) is 8.03. The molecule has 9 heteroatoms. The lowest BCUT2D eigenvalue weighted by atomic mass is 10.2. The quantitative estimate of drug-likeness (QED) is 0.818. The van der Waals surface area contributed by atoms with Gasteiger partial charge in [0.2, 0.25) is 0 Å². The van der Waals surface area contributed by atoms with E-state index in [9.17, 15) is 13.2 Å². The van der Waals surface area contributed by atoms with Crippen molar-refractivity contribution in [3.8, 4) is 11.5 Å². The fraction of sp³-hybridized carbons (Fsp3) is 0.133. The molecule has 0 saturated heterocycles. The molecule has 2 aromatic rings. The highest BCUT2D eigenvalue weighted by Gasteiger charge is 2.18. The molecule has 1 aliphatic rings. The van der Waals surface area contributed by atoms with Crippen molar-refractivity contribution in [1.29, 1.82) is 0 Å². The Morgan fingerprint density at radius 2 is 2.08 bits per heavy atom. The fourth-order valence-electron chi connectivity index (χ4n) is 2.03. The Balaban J connectivity index is 1.74. The minimum Gasteiger partial charge on any atom is -0.486 e. The van der Waals surface area contributed by atoms with Crippen LogP contribution in [0.25, 0.3) is 6.08 Å². The predicted molar refractivity (Wildman–Crippen MR) is 91.1 cm³/mol. The Bertz CT molecular complexity index is 891. The number of rotatable bonds is 4. The van der Waals surface area contributed by atoms with Crippen molar-refractivity contribution >= 4 is 44.9 Å². The topological polar surface area (TPSA) is 81.7 Å². The predicted octanol–water partition coefficient (Wildman–Crippen LogP) is 2.69. The maximum Gasteiger partial charge on any atom is 0.273 e. The third-order valence-corrected chi connectivity index (χ3v) is 6.07. The maximum absolute atomic E-state index is 11.9. The van der Waals surface area contributed by atoms with Crippen LogP contribution in [0.2, 0.25) is 5.02 Å². The zero-order valence-corrected chi connectivity index (χ0v) is 14.6. The minimum atomic E-state index is -3.85. The van der Waals surface area contributed by atoms with Gasteiger partial charge < -0.3 is 9.47 Å². The molecule has 3 rings (SSSR count). The van der Waals surface area contributed by atoms with Gasteiger partial charge in [0.25, 0.3) is 15.9 Å². The molecular formula is C15H12ClNO5S2. The van der Waals surface area contributed by atoms with Crippen LogP contribution in [0.5, 0.6) is 11.5 Å². The summed E-state index contributed by atoms with van der Waals surface area (Å²) in [4.78, 5) is 11.8. The van der Waals surface area contributed by atoms with Gasteiger partial charge >= 0.3 is 0 Å². The summed E-state index contributed by atoms with van der Waals surface area (Å²) in [5.74, 6) is 0.194. The first kappa shape index (κ1) is 16.8. The molecular weight excluding hydrogens is 374 g/mol. The van der Waals surface area contributed by atoms with Gasteiger partial charge in [0.05, 0.1) is 5.02 Å². The molecule has 1 aromatic heterocycles. The first-order valence-electron chi connectivity index (χ1n) is 6.83. The van der Waals surface area contributed by atoms with E-state index < -0.39 is 15.9 Å². The Morgan fingerprint density at radius 1 is 1.29 bits per heavy atom. The van der Waals surface area contributed by atoms with Crippen LogP contribution in [0, 0.1) is 0 Å². The van der Waals surface area contributed by atoms with Crippen LogP contribution in [0.15, 0.2) is 39.9 Å². The molecule has 1 amide bonds. The van der Waals surface area contributed by atoms with E-state index in [0.29, 0.717) is 35.3 Å². The highest BCUT2D eigenvalue weighted by atomic mass is 35.5. The zero-order valence-electron chi connectivity index (χ0n) is 12.2. The maximum atomic E-state index is 11.9. The summed E-state index contributed by atoms with van der Waals surface area (Å²) in [7, 11) is -3.85. The number of carbonyl (C=O) groups excluding carboxylic acids is 1. The number of halogens is 1. The third kappa shape index (κ3) is 3.72. The second kappa shape index (κ2) is 6.84. The van der Waals surface area contributed by atoms with Crippen LogP contribution < -0.4 is 14.2 Å². The lowest BCUT2D eigenvalue weighted by Crippen LogP contribution is -2.28. The standard InChI is InChI=1S/C15H12ClNO5S2/c16-11-8-10(9-12-15(11)22-6-5-21-12)3-4-13(18)17-24(19,20)14-2-1-7-23-14/h1-4,7-9H,5-6H2,(H,17,18)/b4-3+. The number of nitrogens with one attached hydrogen (secondary N) is 1. The number of ether oxygens (including phenoxy) is 2. The van der Waals surface area contributed by atoms with E-state index in [1.807, 2.05) is 4.72 Å². The van der Waals surface area contributed by atoms with Crippen LogP contribution in [-0.4, -0.2) is 27.5 Å². The summed E-state index contributed by atoms with van der Waals surface area (Å²) in [5.41, 5.74) is 0.591. The molecule has 0 aliphatic carbocycles. The van der Waals surface area contributed by atoms with Crippen molar-refractivity contribution in [2.75, 3.05) is 13.2 Å². The van der Waals surface area contributed by atoms with Gasteiger partial charge in [0, 0.05) is 6.08 Å². The van der Waals surface area contributed by atoms with Gasteiger partial charge in [-0.2, -0.15) is 0 Å². The Labute approximate surface area is 147 Å². The molecule has 6 nitrogen and oxygen atoms in total. The van der Waals surface area contributed by atoms with Gasteiger partial charge in [0.1, 0.15) is 17.4 Å². The minimum absolute atomic E-state index is 0.0756. The van der Waals surface area contributed by atoms with Crippen molar-refractivity contribution in [2.45, 2.75) is 4.21 Å². The Morgan fingerprint density at radius 3 is 2.83 bits per heavy atom. The average molecular weight is 386 g/mol. The zero-order chi connectivity index (χ0) is 17.2. The van der Waals surface area contributed by atoms with Crippen molar-refractivity contribution in [3.63, 3.8) is 0 Å². The molecule has 0 atom stereocenters. The average Bonchev–Trinajstić information content (AvgIpc) is 3.08. The van der Waals surface area contributed by atoms with Crippen LogP contribution in [0.3, 0.4) is 0 Å². The number of sulfonamides is 1. The van der Waals surface area contributed by atoms with Gasteiger partial charge in [-0.1, -0.05) is 17.7 Å². The summed E-state index contributed by atoms with van der Waals surface area (Å²) in [6, 6.07) is 6.28. The number of hydrogen-bond donors (Lipinski definition) is 1. The molecule has 0 bridgehead atoms. The SMILES string of the molecule is O=C(/C=C/c1cc(Cl)c2c(c1)OCCO2)NS(=O)(=O)c1cccs1. The van der Waals surface area contributed by atoms with Gasteiger partial charge in [-0.15, -0.1) is 11.3 Å². The number of amides is 1. The van der Waals surface area contributed by atoms with Gasteiger partial charge in [0.15, 0.2) is 11.5 Å². The molecule has 2 heterocycles. The summed E-state index contributed by atoms with van der Waals surface area (Å²) >= 11 is 7.13. The monoisotopic (exact) mass is 385 g/mol. The highest BCUT2D eigenvalue weighted by molar-refractivity contribution is 7.92. The Kier molecular flexibility index (Phi) is 4.79. The van der Waals surface area contributed by atoms with E-state index in [0.717, 1.165) is 17.4 Å². The molecule has 0 fully saturated rings. The molecule has 0 unspecified atom stereocenters. The first-order valence-corrected chi connectivity index (χ1v) is 9.57. The molecule has 1 aromatic carbocycles. The number of thiophene rings is 1. The highest BCUT2D eigenvalue weighted by Crippen LogP contribution is 2.38. The lowest BCUT2D eigenvalue weighted by molar-refractivity contribution is -0.114. The number of benzene rings is 1.